The van der Waals surface area contributed by atoms with Gasteiger partial charge in [0.2, 0.25) is 0 Å². The van der Waals surface area contributed by atoms with Crippen molar-refractivity contribution in [1.29, 1.82) is 0 Å². The van der Waals surface area contributed by atoms with Gasteiger partial charge in [-0.3, -0.25) is 14.7 Å². The van der Waals surface area contributed by atoms with E-state index in [1.807, 2.05) is 19.3 Å². The second-order valence-corrected chi connectivity index (χ2v) is 5.06. The van der Waals surface area contributed by atoms with Crippen molar-refractivity contribution in [2.45, 2.75) is 44.8 Å². The zero-order valence-corrected chi connectivity index (χ0v) is 10.9. The van der Waals surface area contributed by atoms with Gasteiger partial charge in [0, 0.05) is 18.5 Å². The first kappa shape index (κ1) is 11.7. The van der Waals surface area contributed by atoms with E-state index < -0.39 is 0 Å². The molecular formula is C14H19N3O. The topological polar surface area (TPSA) is 45.2 Å². The Bertz CT molecular complexity index is 474. The summed E-state index contributed by atoms with van der Waals surface area (Å²) in [6.07, 6.45) is 5.57. The van der Waals surface area contributed by atoms with E-state index in [2.05, 4.69) is 28.2 Å². The number of rotatable bonds is 3. The summed E-state index contributed by atoms with van der Waals surface area (Å²) in [5.41, 5.74) is 2.45. The lowest BCUT2D eigenvalue weighted by molar-refractivity contribution is -0.123. The van der Waals surface area contributed by atoms with E-state index in [9.17, 15) is 4.79 Å². The van der Waals surface area contributed by atoms with Crippen LogP contribution in [0.15, 0.2) is 18.5 Å². The third-order valence-electron chi connectivity index (χ3n) is 4.26. The number of carbonyl (C=O) groups is 1. The van der Waals surface area contributed by atoms with Crippen molar-refractivity contribution in [2.24, 2.45) is 0 Å². The van der Waals surface area contributed by atoms with Crippen LogP contribution in [0.5, 0.6) is 0 Å². The number of pyridine rings is 1. The van der Waals surface area contributed by atoms with Gasteiger partial charge in [-0.25, -0.2) is 0 Å². The van der Waals surface area contributed by atoms with Crippen LogP contribution in [0.4, 0.5) is 5.69 Å². The summed E-state index contributed by atoms with van der Waals surface area (Å²) in [6, 6.07) is 2.17. The molecule has 3 unspecified atom stereocenters. The van der Waals surface area contributed by atoms with E-state index in [4.69, 9.17) is 0 Å². The van der Waals surface area contributed by atoms with Gasteiger partial charge >= 0.3 is 0 Å². The Morgan fingerprint density at radius 2 is 2.39 bits per heavy atom. The summed E-state index contributed by atoms with van der Waals surface area (Å²) in [4.78, 5) is 18.5. The first-order valence-corrected chi connectivity index (χ1v) is 6.75. The second kappa shape index (κ2) is 4.35. The average molecular weight is 245 g/mol. The Hall–Kier alpha value is -1.42. The van der Waals surface area contributed by atoms with E-state index in [0.717, 1.165) is 18.7 Å². The highest BCUT2D eigenvalue weighted by molar-refractivity contribution is 5.84. The van der Waals surface area contributed by atoms with Gasteiger partial charge in [0.25, 0.3) is 0 Å². The fourth-order valence-corrected chi connectivity index (χ4v) is 3.39. The quantitative estimate of drug-likeness (QED) is 0.884. The summed E-state index contributed by atoms with van der Waals surface area (Å²) < 4.78 is 0. The third kappa shape index (κ3) is 1.56. The SMILES string of the molecule is CCC(=O)C1CC2c3ccncc3NC2N1CC. The minimum atomic E-state index is 0.0869. The van der Waals surface area contributed by atoms with Gasteiger partial charge in [-0.1, -0.05) is 13.8 Å². The fourth-order valence-electron chi connectivity index (χ4n) is 3.39. The largest absolute Gasteiger partial charge is 0.368 e. The van der Waals surface area contributed by atoms with Crippen LogP contribution in [0.1, 0.15) is 38.2 Å². The Morgan fingerprint density at radius 1 is 1.56 bits per heavy atom. The molecule has 4 nitrogen and oxygen atoms in total. The molecule has 3 rings (SSSR count). The molecule has 3 atom stereocenters. The zero-order chi connectivity index (χ0) is 12.7. The van der Waals surface area contributed by atoms with E-state index in [1.54, 1.807) is 0 Å². The molecule has 1 N–H and O–H groups in total. The van der Waals surface area contributed by atoms with Gasteiger partial charge in [-0.15, -0.1) is 0 Å². The first-order chi connectivity index (χ1) is 8.76. The number of carbonyl (C=O) groups excluding carboxylic acids is 1. The number of aromatic nitrogens is 1. The lowest BCUT2D eigenvalue weighted by atomic mass is 9.95. The number of nitrogens with zero attached hydrogens (tertiary/aromatic N) is 2. The van der Waals surface area contributed by atoms with Crippen LogP contribution in [0.2, 0.25) is 0 Å². The van der Waals surface area contributed by atoms with Gasteiger partial charge in [-0.05, 0) is 24.6 Å². The molecule has 2 aliphatic rings. The van der Waals surface area contributed by atoms with E-state index in [1.165, 1.54) is 5.56 Å². The summed E-state index contributed by atoms with van der Waals surface area (Å²) >= 11 is 0. The van der Waals surface area contributed by atoms with Crippen molar-refractivity contribution < 1.29 is 4.79 Å². The first-order valence-electron chi connectivity index (χ1n) is 6.75. The summed E-state index contributed by atoms with van der Waals surface area (Å²) in [6.45, 7) is 4.99. The van der Waals surface area contributed by atoms with Crippen LogP contribution in [0, 0.1) is 0 Å². The van der Waals surface area contributed by atoms with Crippen molar-refractivity contribution in [3.8, 4) is 0 Å². The van der Waals surface area contributed by atoms with Crippen molar-refractivity contribution in [3.05, 3.63) is 24.0 Å². The van der Waals surface area contributed by atoms with Crippen LogP contribution in [0.3, 0.4) is 0 Å². The van der Waals surface area contributed by atoms with E-state index in [-0.39, 0.29) is 12.2 Å². The number of likely N-dealkylation sites (N-methyl/N-ethyl adjacent to an activating group) is 1. The van der Waals surface area contributed by atoms with Crippen molar-refractivity contribution in [2.75, 3.05) is 11.9 Å². The van der Waals surface area contributed by atoms with Gasteiger partial charge in [0.1, 0.15) is 5.78 Å². The Balaban J connectivity index is 1.92. The standard InChI is InChI=1S/C14H19N3O/c1-3-13(18)12-7-10-9-5-6-15-8-11(9)16-14(10)17(12)4-2/h5-6,8,10,12,14,16H,3-4,7H2,1-2H3. The number of ketones is 1. The minimum Gasteiger partial charge on any atom is -0.368 e. The maximum atomic E-state index is 12.0. The van der Waals surface area contributed by atoms with Gasteiger partial charge in [0.15, 0.2) is 0 Å². The molecule has 0 saturated carbocycles. The summed E-state index contributed by atoms with van der Waals surface area (Å²) in [5.74, 6) is 0.798. The predicted molar refractivity (Wildman–Crippen MR) is 70.5 cm³/mol. The lowest BCUT2D eigenvalue weighted by Crippen LogP contribution is -2.43. The predicted octanol–water partition coefficient (Wildman–Crippen LogP) is 1.99. The van der Waals surface area contributed by atoms with Crippen LogP contribution in [0.25, 0.3) is 0 Å². The molecule has 0 spiro atoms. The lowest BCUT2D eigenvalue weighted by Gasteiger charge is -2.27. The number of nitrogens with one attached hydrogen (secondary N) is 1. The highest BCUT2D eigenvalue weighted by Crippen LogP contribution is 2.45. The van der Waals surface area contributed by atoms with Crippen LogP contribution in [-0.4, -0.2) is 34.4 Å². The molecular weight excluding hydrogens is 226 g/mol. The van der Waals surface area contributed by atoms with Crippen molar-refractivity contribution in [1.82, 2.24) is 9.88 Å². The molecule has 3 heterocycles. The molecule has 1 aromatic rings. The average Bonchev–Trinajstić information content (AvgIpc) is 2.93. The monoisotopic (exact) mass is 245 g/mol. The Morgan fingerprint density at radius 3 is 3.11 bits per heavy atom. The number of fused-ring (bicyclic) bond motifs is 3. The maximum Gasteiger partial charge on any atom is 0.149 e. The number of Topliss-reactive ketones (excluding diaryl/α,β-unsaturated/α-hetero) is 1. The molecule has 0 radical (unpaired) electrons. The van der Waals surface area contributed by atoms with Crippen LogP contribution >= 0.6 is 0 Å². The molecule has 0 amide bonds. The highest BCUT2D eigenvalue weighted by atomic mass is 16.1. The number of anilines is 1. The van der Waals surface area contributed by atoms with Crippen molar-refractivity contribution >= 4 is 11.5 Å². The van der Waals surface area contributed by atoms with Crippen LogP contribution < -0.4 is 5.32 Å². The smallest absolute Gasteiger partial charge is 0.149 e. The highest BCUT2D eigenvalue weighted by Gasteiger charge is 2.47. The number of hydrogen-bond acceptors (Lipinski definition) is 4. The Kier molecular flexibility index (Phi) is 2.82. The molecule has 4 heteroatoms. The molecule has 2 aliphatic heterocycles. The molecule has 1 fully saturated rings. The van der Waals surface area contributed by atoms with Crippen LogP contribution in [-0.2, 0) is 4.79 Å². The number of likely N-dealkylation sites (tertiary alicyclic amines) is 1. The molecule has 0 bridgehead atoms. The fraction of sp³-hybridized carbons (Fsp3) is 0.571. The molecule has 1 aromatic heterocycles. The van der Waals surface area contributed by atoms with E-state index in [0.29, 0.717) is 18.1 Å². The third-order valence-corrected chi connectivity index (χ3v) is 4.26. The maximum absolute atomic E-state index is 12.0. The summed E-state index contributed by atoms with van der Waals surface area (Å²) in [7, 11) is 0. The van der Waals surface area contributed by atoms with Crippen molar-refractivity contribution in [3.63, 3.8) is 0 Å². The normalized spacial score (nSPS) is 29.8. The number of hydrogen-bond donors (Lipinski definition) is 1. The van der Waals surface area contributed by atoms with Gasteiger partial charge < -0.3 is 5.32 Å². The molecule has 0 aliphatic carbocycles. The summed E-state index contributed by atoms with van der Waals surface area (Å²) in [5, 5.41) is 3.52. The molecule has 96 valence electrons. The van der Waals surface area contributed by atoms with Gasteiger partial charge in [0.05, 0.1) is 24.1 Å². The van der Waals surface area contributed by atoms with E-state index >= 15 is 0 Å². The molecule has 0 aromatic carbocycles. The molecule has 1 saturated heterocycles. The zero-order valence-electron chi connectivity index (χ0n) is 10.9. The Labute approximate surface area is 107 Å². The second-order valence-electron chi connectivity index (χ2n) is 5.06. The molecule has 18 heavy (non-hydrogen) atoms. The van der Waals surface area contributed by atoms with Gasteiger partial charge in [-0.2, -0.15) is 0 Å². The minimum absolute atomic E-state index is 0.0869.